The summed E-state index contributed by atoms with van der Waals surface area (Å²) in [5, 5.41) is 9.88. The molecular formula is C38H76O5Sn. The number of carbonyl (C=O) groups is 2. The number of aliphatic hydroxyl groups excluding tert-OH is 1. The zero-order valence-electron chi connectivity index (χ0n) is 30.1. The summed E-state index contributed by atoms with van der Waals surface area (Å²) in [6.07, 6.45) is 31.3. The van der Waals surface area contributed by atoms with Crippen LogP contribution >= 0.6 is 0 Å². The van der Waals surface area contributed by atoms with Gasteiger partial charge >= 0.3 is 81.5 Å². The van der Waals surface area contributed by atoms with Crippen molar-refractivity contribution >= 4 is 33.1 Å². The van der Waals surface area contributed by atoms with Gasteiger partial charge in [0.2, 0.25) is 0 Å². The van der Waals surface area contributed by atoms with Gasteiger partial charge in [0.15, 0.2) is 6.10 Å². The number of unbranched alkanes of at least 4 members (excludes halogenated alkanes) is 22. The van der Waals surface area contributed by atoms with E-state index in [1.807, 2.05) is 0 Å². The van der Waals surface area contributed by atoms with Crippen LogP contribution in [0.3, 0.4) is 0 Å². The molecule has 0 aromatic carbocycles. The number of ether oxygens (including phenoxy) is 2. The van der Waals surface area contributed by atoms with E-state index in [1.165, 1.54) is 135 Å². The fourth-order valence-corrected chi connectivity index (χ4v) is 9.17. The minimum absolute atomic E-state index is 0.149. The first-order valence-electron chi connectivity index (χ1n) is 19.2. The first kappa shape index (κ1) is 45.8. The molecule has 0 saturated heterocycles. The molecular weight excluding hydrogens is 655 g/mol. The summed E-state index contributed by atoms with van der Waals surface area (Å²) in [6, 6.07) is 0. The molecule has 0 bridgehead atoms. The molecule has 1 unspecified atom stereocenters. The topological polar surface area (TPSA) is 72.8 Å². The summed E-state index contributed by atoms with van der Waals surface area (Å²) in [5.41, 5.74) is 0. The van der Waals surface area contributed by atoms with Crippen molar-refractivity contribution in [3.05, 3.63) is 0 Å². The second-order valence-corrected chi connectivity index (χ2v) is 16.9. The van der Waals surface area contributed by atoms with E-state index in [1.54, 1.807) is 8.87 Å². The predicted octanol–water partition coefficient (Wildman–Crippen LogP) is 11.6. The van der Waals surface area contributed by atoms with Crippen LogP contribution in [0.4, 0.5) is 0 Å². The summed E-state index contributed by atoms with van der Waals surface area (Å²) < 4.78 is 13.5. The van der Waals surface area contributed by atoms with E-state index in [0.29, 0.717) is 13.2 Å². The molecule has 0 amide bonds. The predicted molar refractivity (Wildman–Crippen MR) is 191 cm³/mol. The van der Waals surface area contributed by atoms with Gasteiger partial charge < -0.3 is 14.6 Å². The number of hydrogen-bond donors (Lipinski definition) is 1. The van der Waals surface area contributed by atoms with Gasteiger partial charge in [0, 0.05) is 0 Å². The summed E-state index contributed by atoms with van der Waals surface area (Å²) in [5.74, 6) is -1.25. The Bertz CT molecular complexity index is 565. The average Bonchev–Trinajstić information content (AvgIpc) is 3.02. The molecule has 0 heterocycles. The molecule has 6 heteroatoms. The van der Waals surface area contributed by atoms with Crippen molar-refractivity contribution in [1.82, 2.24) is 0 Å². The quantitative estimate of drug-likeness (QED) is 0.0413. The maximum absolute atomic E-state index is 11.9. The van der Waals surface area contributed by atoms with Crippen molar-refractivity contribution in [1.29, 1.82) is 0 Å². The summed E-state index contributed by atoms with van der Waals surface area (Å²) in [7, 11) is 0. The molecule has 1 N–H and O–H groups in total. The van der Waals surface area contributed by atoms with Gasteiger partial charge in [-0.15, -0.1) is 0 Å². The molecule has 0 aliphatic carbocycles. The molecule has 1 atom stereocenters. The van der Waals surface area contributed by atoms with Crippen LogP contribution in [0.15, 0.2) is 0 Å². The Morgan fingerprint density at radius 1 is 0.477 bits per heavy atom. The number of aliphatic hydroxyl groups is 1. The maximum atomic E-state index is 11.9. The Hall–Kier alpha value is -0.301. The van der Waals surface area contributed by atoms with Gasteiger partial charge in [0.25, 0.3) is 0 Å². The van der Waals surface area contributed by atoms with Gasteiger partial charge in [-0.05, 0) is 12.8 Å². The Balaban J connectivity index is 0. The third-order valence-corrected chi connectivity index (χ3v) is 12.1. The van der Waals surface area contributed by atoms with Crippen LogP contribution in [0.25, 0.3) is 0 Å². The number of rotatable bonds is 33. The summed E-state index contributed by atoms with van der Waals surface area (Å²) in [4.78, 5) is 23.7. The van der Waals surface area contributed by atoms with E-state index in [0.717, 1.165) is 32.1 Å². The fraction of sp³-hybridized carbons (Fsp3) is 0.947. The van der Waals surface area contributed by atoms with E-state index in [2.05, 4.69) is 27.7 Å². The Morgan fingerprint density at radius 2 is 0.795 bits per heavy atom. The monoisotopic (exact) mass is 732 g/mol. The van der Waals surface area contributed by atoms with Gasteiger partial charge in [0.05, 0.1) is 19.6 Å². The molecule has 5 nitrogen and oxygen atoms in total. The van der Waals surface area contributed by atoms with E-state index in [4.69, 9.17) is 9.47 Å². The van der Waals surface area contributed by atoms with Gasteiger partial charge in [-0.25, -0.2) is 4.79 Å². The van der Waals surface area contributed by atoms with E-state index >= 15 is 0 Å². The zero-order chi connectivity index (χ0) is 32.8. The molecule has 0 aromatic rings. The van der Waals surface area contributed by atoms with Crippen LogP contribution < -0.4 is 0 Å². The van der Waals surface area contributed by atoms with Crippen LogP contribution in [-0.4, -0.2) is 57.5 Å². The molecule has 44 heavy (non-hydrogen) atoms. The molecule has 0 saturated carbocycles. The van der Waals surface area contributed by atoms with Crippen LogP contribution in [0.5, 0.6) is 0 Å². The van der Waals surface area contributed by atoms with Crippen molar-refractivity contribution in [2.75, 3.05) is 13.2 Å². The Kier molecular flexibility index (Phi) is 42.4. The van der Waals surface area contributed by atoms with Crippen LogP contribution in [0.1, 0.15) is 201 Å². The summed E-state index contributed by atoms with van der Waals surface area (Å²) in [6.45, 7) is 9.73. The molecule has 0 spiro atoms. The number of hydrogen-bond acceptors (Lipinski definition) is 5. The molecule has 262 valence electrons. The Labute approximate surface area is 285 Å². The fourth-order valence-electron chi connectivity index (χ4n) is 5.02. The van der Waals surface area contributed by atoms with Gasteiger partial charge in [-0.1, -0.05) is 142 Å². The van der Waals surface area contributed by atoms with E-state index in [-0.39, 0.29) is 27.6 Å². The molecule has 0 aromatic heterocycles. The van der Waals surface area contributed by atoms with Crippen LogP contribution in [0.2, 0.25) is 8.87 Å². The van der Waals surface area contributed by atoms with Crippen molar-refractivity contribution in [2.24, 2.45) is 0 Å². The van der Waals surface area contributed by atoms with Crippen LogP contribution in [-0.2, 0) is 19.1 Å². The molecule has 0 fully saturated rings. The van der Waals surface area contributed by atoms with Crippen molar-refractivity contribution in [3.8, 4) is 0 Å². The molecule has 0 rings (SSSR count). The van der Waals surface area contributed by atoms with Crippen molar-refractivity contribution in [3.63, 3.8) is 0 Å². The van der Waals surface area contributed by atoms with E-state index < -0.39 is 18.0 Å². The second-order valence-electron chi connectivity index (χ2n) is 12.6. The minimum atomic E-state index is -1.42. The van der Waals surface area contributed by atoms with Gasteiger partial charge in [0.1, 0.15) is 0 Å². The molecule has 0 aliphatic heterocycles. The van der Waals surface area contributed by atoms with Gasteiger partial charge in [-0.3, -0.25) is 4.79 Å². The normalized spacial score (nSPS) is 11.6. The van der Waals surface area contributed by atoms with Crippen LogP contribution in [0, 0.1) is 0 Å². The number of esters is 2. The van der Waals surface area contributed by atoms with Gasteiger partial charge in [-0.2, -0.15) is 0 Å². The average molecular weight is 732 g/mol. The number of carbonyl (C=O) groups excluding carboxylic acids is 2. The third-order valence-electron chi connectivity index (χ3n) is 8.05. The summed E-state index contributed by atoms with van der Waals surface area (Å²) >= 11 is 0.149. The Morgan fingerprint density at radius 3 is 1.16 bits per heavy atom. The zero-order valence-corrected chi connectivity index (χ0v) is 32.9. The van der Waals surface area contributed by atoms with E-state index in [9.17, 15) is 14.7 Å². The molecule has 0 aliphatic rings. The standard InChI is InChI=1S/C30H58O5.2C4H9.Sn/c1-3-5-7-9-11-13-15-17-19-21-23-25-34-29(32)27-28(31)30(33)35-26-24-22-20-18-16-14-12-10-8-6-4-2;2*1-3-4-2;/h28,31H,3-27H2,1-2H3;2*1,3-4H2,2H3;. The first-order chi connectivity index (χ1) is 21.5. The van der Waals surface area contributed by atoms with Crippen molar-refractivity contribution in [2.45, 2.75) is 216 Å². The SMILES string of the molecule is CCCCCCCCCCCCCOC(=O)CC(O)C(=O)OCCCCCCCCCCCCC.CCC[CH2][Sn][CH2]CCC. The molecule has 2 radical (unpaired) electrons. The van der Waals surface area contributed by atoms with Crippen molar-refractivity contribution < 1.29 is 24.2 Å². The first-order valence-corrected chi connectivity index (χ1v) is 23.3. The second kappa shape index (κ2) is 40.7. The third kappa shape index (κ3) is 39.7.